The van der Waals surface area contributed by atoms with Gasteiger partial charge in [0.2, 0.25) is 0 Å². The molecule has 1 aromatic heterocycles. The minimum atomic E-state index is -0.569. The Kier molecular flexibility index (Phi) is 3.80. The summed E-state index contributed by atoms with van der Waals surface area (Å²) in [4.78, 5) is 25.6. The highest BCUT2D eigenvalue weighted by molar-refractivity contribution is 7.18. The van der Waals surface area contributed by atoms with Crippen LogP contribution in [0.15, 0.2) is 42.5 Å². The molecule has 22 heavy (non-hydrogen) atoms. The fourth-order valence-corrected chi connectivity index (χ4v) is 2.87. The van der Waals surface area contributed by atoms with Crippen LogP contribution in [0.5, 0.6) is 5.75 Å². The second kappa shape index (κ2) is 5.90. The van der Waals surface area contributed by atoms with Gasteiger partial charge in [0, 0.05) is 11.6 Å². The summed E-state index contributed by atoms with van der Waals surface area (Å²) in [6, 6.07) is 11.8. The predicted molar refractivity (Wildman–Crippen MR) is 82.4 cm³/mol. The van der Waals surface area contributed by atoms with E-state index in [-0.39, 0.29) is 23.6 Å². The summed E-state index contributed by atoms with van der Waals surface area (Å²) in [5, 5.41) is 11.8. The van der Waals surface area contributed by atoms with Crippen molar-refractivity contribution >= 4 is 33.5 Å². The molecule has 0 atom stereocenters. The van der Waals surface area contributed by atoms with Crippen molar-refractivity contribution in [3.8, 4) is 5.75 Å². The maximum Gasteiger partial charge on any atom is 0.311 e. The number of fused-ring (bicyclic) bond motifs is 1. The minimum absolute atomic E-state index is 0.120. The molecule has 1 heterocycles. The van der Waals surface area contributed by atoms with Crippen LogP contribution in [-0.2, 0) is 6.61 Å². The van der Waals surface area contributed by atoms with E-state index in [9.17, 15) is 14.9 Å². The fourth-order valence-electron chi connectivity index (χ4n) is 1.99. The highest BCUT2D eigenvalue weighted by atomic mass is 32.1. The molecule has 0 amide bonds. The molecule has 0 unspecified atom stereocenters. The maximum absolute atomic E-state index is 11.0. The lowest BCUT2D eigenvalue weighted by Gasteiger charge is -2.05. The van der Waals surface area contributed by atoms with Gasteiger partial charge in [-0.15, -0.1) is 11.3 Å². The van der Waals surface area contributed by atoms with E-state index in [2.05, 4.69) is 4.98 Å². The van der Waals surface area contributed by atoms with Gasteiger partial charge in [-0.25, -0.2) is 4.98 Å². The Labute approximate surface area is 129 Å². The Balaban J connectivity index is 1.83. The van der Waals surface area contributed by atoms with E-state index in [0.29, 0.717) is 6.29 Å². The first-order valence-corrected chi connectivity index (χ1v) is 7.20. The van der Waals surface area contributed by atoms with Crippen LogP contribution in [-0.4, -0.2) is 16.2 Å². The van der Waals surface area contributed by atoms with E-state index < -0.39 is 4.92 Å². The molecule has 0 bridgehead atoms. The van der Waals surface area contributed by atoms with Gasteiger partial charge in [0.1, 0.15) is 17.9 Å². The molecule has 3 rings (SSSR count). The van der Waals surface area contributed by atoms with Crippen molar-refractivity contribution < 1.29 is 14.5 Å². The summed E-state index contributed by atoms with van der Waals surface area (Å²) in [6.07, 6.45) is 0.560. The van der Waals surface area contributed by atoms with Crippen molar-refractivity contribution in [2.75, 3.05) is 0 Å². The van der Waals surface area contributed by atoms with Crippen molar-refractivity contribution in [3.63, 3.8) is 0 Å². The van der Waals surface area contributed by atoms with E-state index in [1.54, 1.807) is 0 Å². The SMILES string of the molecule is O=Cc1ccc(OCc2nc3ccccc3s2)c([N+](=O)[O-])c1. The van der Waals surface area contributed by atoms with Crippen LogP contribution in [0.4, 0.5) is 5.69 Å². The summed E-state index contributed by atoms with van der Waals surface area (Å²) in [7, 11) is 0. The average molecular weight is 314 g/mol. The molecule has 0 spiro atoms. The number of ether oxygens (including phenoxy) is 1. The van der Waals surface area contributed by atoms with E-state index in [1.165, 1.54) is 29.5 Å². The first kappa shape index (κ1) is 14.2. The molecule has 0 N–H and O–H groups in total. The number of aldehydes is 1. The molecule has 0 radical (unpaired) electrons. The Hall–Kier alpha value is -2.80. The molecule has 0 aliphatic carbocycles. The van der Waals surface area contributed by atoms with Gasteiger partial charge in [0.05, 0.1) is 15.1 Å². The second-order valence-electron chi connectivity index (χ2n) is 4.47. The molecule has 6 nitrogen and oxygen atoms in total. The van der Waals surface area contributed by atoms with Crippen LogP contribution in [0.2, 0.25) is 0 Å². The molecule has 0 aliphatic heterocycles. The van der Waals surface area contributed by atoms with E-state index in [4.69, 9.17) is 4.74 Å². The monoisotopic (exact) mass is 314 g/mol. The van der Waals surface area contributed by atoms with Crippen LogP contribution in [0.25, 0.3) is 10.2 Å². The third kappa shape index (κ3) is 2.79. The molecular weight excluding hydrogens is 304 g/mol. The first-order chi connectivity index (χ1) is 10.7. The van der Waals surface area contributed by atoms with Crippen LogP contribution < -0.4 is 4.74 Å². The number of nitro groups is 1. The van der Waals surface area contributed by atoms with Crippen LogP contribution >= 0.6 is 11.3 Å². The summed E-state index contributed by atoms with van der Waals surface area (Å²) in [5.41, 5.74) is 0.877. The van der Waals surface area contributed by atoms with Gasteiger partial charge in [0.15, 0.2) is 5.75 Å². The Morgan fingerprint density at radius 3 is 2.82 bits per heavy atom. The van der Waals surface area contributed by atoms with Gasteiger partial charge in [-0.3, -0.25) is 14.9 Å². The van der Waals surface area contributed by atoms with Crippen LogP contribution in [0, 0.1) is 10.1 Å². The smallest absolute Gasteiger partial charge is 0.311 e. The number of benzene rings is 2. The summed E-state index contributed by atoms with van der Waals surface area (Å²) in [5.74, 6) is 0.120. The van der Waals surface area contributed by atoms with Gasteiger partial charge >= 0.3 is 5.69 Å². The van der Waals surface area contributed by atoms with Crippen molar-refractivity contribution in [1.82, 2.24) is 4.98 Å². The maximum atomic E-state index is 11.0. The normalized spacial score (nSPS) is 10.5. The number of nitrogens with zero attached hydrogens (tertiary/aromatic N) is 2. The Bertz CT molecular complexity index is 827. The molecule has 0 saturated carbocycles. The molecule has 0 saturated heterocycles. The average Bonchev–Trinajstić information content (AvgIpc) is 2.95. The topological polar surface area (TPSA) is 82.3 Å². The number of carbonyl (C=O) groups is 1. The van der Waals surface area contributed by atoms with E-state index in [0.717, 1.165) is 15.2 Å². The fraction of sp³-hybridized carbons (Fsp3) is 0.0667. The van der Waals surface area contributed by atoms with Crippen molar-refractivity contribution in [3.05, 3.63) is 63.1 Å². The number of rotatable bonds is 5. The number of nitro benzene ring substituents is 1. The van der Waals surface area contributed by atoms with Crippen molar-refractivity contribution in [2.24, 2.45) is 0 Å². The number of thiazole rings is 1. The molecule has 110 valence electrons. The number of hydrogen-bond donors (Lipinski definition) is 0. The molecule has 7 heteroatoms. The van der Waals surface area contributed by atoms with E-state index >= 15 is 0 Å². The van der Waals surface area contributed by atoms with Crippen LogP contribution in [0.1, 0.15) is 15.4 Å². The molecule has 0 aliphatic rings. The third-order valence-corrected chi connectivity index (χ3v) is 4.01. The zero-order valence-corrected chi connectivity index (χ0v) is 12.1. The number of para-hydroxylation sites is 1. The number of hydrogen-bond acceptors (Lipinski definition) is 6. The zero-order chi connectivity index (χ0) is 15.5. The molecule has 0 fully saturated rings. The van der Waals surface area contributed by atoms with Gasteiger partial charge < -0.3 is 4.74 Å². The number of aromatic nitrogens is 1. The molecular formula is C15H10N2O4S. The van der Waals surface area contributed by atoms with Crippen molar-refractivity contribution in [2.45, 2.75) is 6.61 Å². The van der Waals surface area contributed by atoms with Crippen molar-refractivity contribution in [1.29, 1.82) is 0 Å². The molecule has 3 aromatic rings. The third-order valence-electron chi connectivity index (χ3n) is 3.01. The summed E-state index contributed by atoms with van der Waals surface area (Å²) in [6.45, 7) is 0.140. The van der Waals surface area contributed by atoms with Gasteiger partial charge in [-0.2, -0.15) is 0 Å². The Morgan fingerprint density at radius 1 is 1.27 bits per heavy atom. The van der Waals surface area contributed by atoms with E-state index in [1.807, 2.05) is 24.3 Å². The highest BCUT2D eigenvalue weighted by Gasteiger charge is 2.16. The second-order valence-corrected chi connectivity index (χ2v) is 5.58. The lowest BCUT2D eigenvalue weighted by molar-refractivity contribution is -0.386. The number of carbonyl (C=O) groups excluding carboxylic acids is 1. The highest BCUT2D eigenvalue weighted by Crippen LogP contribution is 2.29. The molecule has 2 aromatic carbocycles. The summed E-state index contributed by atoms with van der Waals surface area (Å²) < 4.78 is 6.54. The Morgan fingerprint density at radius 2 is 2.09 bits per heavy atom. The zero-order valence-electron chi connectivity index (χ0n) is 11.3. The standard InChI is InChI=1S/C15H10N2O4S/c18-8-10-5-6-13(12(7-10)17(19)20)21-9-15-16-11-3-1-2-4-14(11)22-15/h1-8H,9H2. The predicted octanol–water partition coefficient (Wildman–Crippen LogP) is 3.60. The lowest BCUT2D eigenvalue weighted by atomic mass is 10.2. The van der Waals surface area contributed by atoms with Gasteiger partial charge in [0.25, 0.3) is 0 Å². The minimum Gasteiger partial charge on any atom is -0.479 e. The van der Waals surface area contributed by atoms with Gasteiger partial charge in [-0.05, 0) is 24.3 Å². The summed E-state index contributed by atoms with van der Waals surface area (Å²) >= 11 is 1.48. The largest absolute Gasteiger partial charge is 0.479 e. The quantitative estimate of drug-likeness (QED) is 0.408. The lowest BCUT2D eigenvalue weighted by Crippen LogP contribution is -1.99. The first-order valence-electron chi connectivity index (χ1n) is 6.38. The van der Waals surface area contributed by atoms with Crippen LogP contribution in [0.3, 0.4) is 0 Å². The van der Waals surface area contributed by atoms with Gasteiger partial charge in [-0.1, -0.05) is 12.1 Å².